The molecule has 0 saturated heterocycles. The Labute approximate surface area is 195 Å². The van der Waals surface area contributed by atoms with Crippen LogP contribution in [0.3, 0.4) is 0 Å². The molecule has 1 unspecified atom stereocenters. The van der Waals surface area contributed by atoms with Gasteiger partial charge in [-0.05, 0) is 12.8 Å². The molecular formula is C29H55O2. The molecule has 1 atom stereocenters. The van der Waals surface area contributed by atoms with Crippen LogP contribution in [0.5, 0.6) is 0 Å². The topological polar surface area (TPSA) is 34.1 Å². The van der Waals surface area contributed by atoms with Crippen molar-refractivity contribution in [3.8, 4) is 0 Å². The molecule has 0 aromatic heterocycles. The third-order valence-corrected chi connectivity index (χ3v) is 6.65. The molecule has 0 heterocycles. The van der Waals surface area contributed by atoms with Crippen LogP contribution in [0.2, 0.25) is 0 Å². The summed E-state index contributed by atoms with van der Waals surface area (Å²) in [7, 11) is 0. The van der Waals surface area contributed by atoms with Crippen molar-refractivity contribution >= 4 is 12.1 Å². The Kier molecular flexibility index (Phi) is 25.1. The molecule has 31 heavy (non-hydrogen) atoms. The monoisotopic (exact) mass is 435 g/mol. The van der Waals surface area contributed by atoms with Crippen molar-refractivity contribution in [1.82, 2.24) is 0 Å². The van der Waals surface area contributed by atoms with Crippen molar-refractivity contribution < 1.29 is 9.59 Å². The zero-order valence-electron chi connectivity index (χ0n) is 21.4. The first-order valence-electron chi connectivity index (χ1n) is 14.2. The van der Waals surface area contributed by atoms with Crippen LogP contribution in [0.15, 0.2) is 0 Å². The van der Waals surface area contributed by atoms with Gasteiger partial charge in [0.1, 0.15) is 5.78 Å². The van der Waals surface area contributed by atoms with E-state index in [1.54, 1.807) is 0 Å². The van der Waals surface area contributed by atoms with E-state index in [2.05, 4.69) is 13.8 Å². The van der Waals surface area contributed by atoms with Gasteiger partial charge in [0.25, 0.3) is 0 Å². The highest BCUT2D eigenvalue weighted by atomic mass is 16.1. The molecule has 0 saturated carbocycles. The fourth-order valence-electron chi connectivity index (χ4n) is 4.44. The van der Waals surface area contributed by atoms with Crippen LogP contribution in [-0.2, 0) is 9.59 Å². The highest BCUT2D eigenvalue weighted by Gasteiger charge is 2.17. The number of carbonyl (C=O) groups excluding carboxylic acids is 2. The number of unbranched alkanes of at least 4 members (excludes halogenated alkanes) is 20. The van der Waals surface area contributed by atoms with Crippen LogP contribution in [0.25, 0.3) is 0 Å². The van der Waals surface area contributed by atoms with E-state index in [0.717, 1.165) is 32.1 Å². The highest BCUT2D eigenvalue weighted by molar-refractivity contribution is 5.93. The summed E-state index contributed by atoms with van der Waals surface area (Å²) in [6, 6.07) is 0. The maximum absolute atomic E-state index is 12.3. The summed E-state index contributed by atoms with van der Waals surface area (Å²) in [5.74, 6) is -0.320. The van der Waals surface area contributed by atoms with Gasteiger partial charge < -0.3 is 0 Å². The van der Waals surface area contributed by atoms with Crippen molar-refractivity contribution in [3.05, 3.63) is 0 Å². The van der Waals surface area contributed by atoms with Crippen LogP contribution in [0, 0.1) is 5.92 Å². The number of hydrogen-bond donors (Lipinski definition) is 0. The third-order valence-electron chi connectivity index (χ3n) is 6.65. The largest absolute Gasteiger partial charge is 0.299 e. The SMILES string of the molecule is CCCCCCCCCCCCCC(=O)C([C]=O)CCCCCCCCCCCCC. The molecule has 0 aromatic carbocycles. The Hall–Kier alpha value is -0.660. The maximum atomic E-state index is 12.3. The van der Waals surface area contributed by atoms with Gasteiger partial charge in [0, 0.05) is 6.42 Å². The summed E-state index contributed by atoms with van der Waals surface area (Å²) in [5, 5.41) is 0. The first kappa shape index (κ1) is 30.3. The lowest BCUT2D eigenvalue weighted by atomic mass is 9.94. The highest BCUT2D eigenvalue weighted by Crippen LogP contribution is 2.17. The second-order valence-electron chi connectivity index (χ2n) is 9.75. The first-order chi connectivity index (χ1) is 15.3. The average molecular weight is 436 g/mol. The second-order valence-corrected chi connectivity index (χ2v) is 9.75. The molecule has 2 heteroatoms. The van der Waals surface area contributed by atoms with Gasteiger partial charge in [-0.15, -0.1) is 0 Å². The number of ketones is 1. The minimum Gasteiger partial charge on any atom is -0.299 e. The summed E-state index contributed by atoms with van der Waals surface area (Å²) in [5.41, 5.74) is 0. The smallest absolute Gasteiger partial charge is 0.209 e. The van der Waals surface area contributed by atoms with Gasteiger partial charge in [-0.2, -0.15) is 0 Å². The van der Waals surface area contributed by atoms with E-state index in [1.165, 1.54) is 116 Å². The van der Waals surface area contributed by atoms with E-state index in [9.17, 15) is 9.59 Å². The molecule has 0 aliphatic rings. The molecule has 0 N–H and O–H groups in total. The van der Waals surface area contributed by atoms with Gasteiger partial charge in [0.05, 0.1) is 5.92 Å². The molecule has 0 spiro atoms. The minimum absolute atomic E-state index is 0.137. The van der Waals surface area contributed by atoms with Gasteiger partial charge in [-0.3, -0.25) is 9.59 Å². The zero-order valence-corrected chi connectivity index (χ0v) is 21.4. The lowest BCUT2D eigenvalue weighted by Gasteiger charge is -2.09. The second kappa shape index (κ2) is 25.6. The quantitative estimate of drug-likeness (QED) is 0.100. The van der Waals surface area contributed by atoms with E-state index in [0.29, 0.717) is 6.42 Å². The van der Waals surface area contributed by atoms with Gasteiger partial charge in [0.2, 0.25) is 6.29 Å². The molecule has 0 fully saturated rings. The normalized spacial score (nSPS) is 12.2. The van der Waals surface area contributed by atoms with Crippen LogP contribution < -0.4 is 0 Å². The molecule has 0 aliphatic carbocycles. The molecular weight excluding hydrogens is 380 g/mol. The molecule has 0 rings (SSSR count). The zero-order chi connectivity index (χ0) is 22.8. The van der Waals surface area contributed by atoms with Crippen LogP contribution in [0.1, 0.15) is 168 Å². The molecule has 0 aliphatic heterocycles. The Morgan fingerprint density at radius 3 is 1.19 bits per heavy atom. The van der Waals surface area contributed by atoms with E-state index in [1.807, 2.05) is 6.29 Å². The van der Waals surface area contributed by atoms with Crippen LogP contribution >= 0.6 is 0 Å². The summed E-state index contributed by atoms with van der Waals surface area (Å²) in [4.78, 5) is 23.5. The van der Waals surface area contributed by atoms with Crippen molar-refractivity contribution in [2.45, 2.75) is 168 Å². The van der Waals surface area contributed by atoms with Crippen LogP contribution in [-0.4, -0.2) is 12.1 Å². The van der Waals surface area contributed by atoms with Gasteiger partial charge >= 0.3 is 0 Å². The average Bonchev–Trinajstić information content (AvgIpc) is 2.78. The predicted molar refractivity (Wildman–Crippen MR) is 136 cm³/mol. The van der Waals surface area contributed by atoms with E-state index >= 15 is 0 Å². The Bertz CT molecular complexity index is 377. The van der Waals surface area contributed by atoms with Crippen molar-refractivity contribution in [1.29, 1.82) is 0 Å². The van der Waals surface area contributed by atoms with Gasteiger partial charge in [-0.25, -0.2) is 0 Å². The summed E-state index contributed by atoms with van der Waals surface area (Å²) in [6.07, 6.45) is 31.8. The lowest BCUT2D eigenvalue weighted by molar-refractivity contribution is -0.121. The third kappa shape index (κ3) is 22.3. The molecule has 1 radical (unpaired) electrons. The molecule has 183 valence electrons. The fourth-order valence-corrected chi connectivity index (χ4v) is 4.44. The van der Waals surface area contributed by atoms with Gasteiger partial charge in [-0.1, -0.05) is 149 Å². The number of rotatable bonds is 26. The van der Waals surface area contributed by atoms with E-state index < -0.39 is 5.92 Å². The molecule has 2 nitrogen and oxygen atoms in total. The lowest BCUT2D eigenvalue weighted by Crippen LogP contribution is -2.15. The number of Topliss-reactive ketones (excluding diaryl/α,β-unsaturated/α-hetero) is 1. The Balaban J connectivity index is 3.46. The van der Waals surface area contributed by atoms with E-state index in [-0.39, 0.29) is 5.78 Å². The van der Waals surface area contributed by atoms with Crippen molar-refractivity contribution in [2.24, 2.45) is 5.92 Å². The van der Waals surface area contributed by atoms with E-state index in [4.69, 9.17) is 0 Å². The molecule has 0 amide bonds. The summed E-state index contributed by atoms with van der Waals surface area (Å²) < 4.78 is 0. The Morgan fingerprint density at radius 1 is 0.516 bits per heavy atom. The predicted octanol–water partition coefficient (Wildman–Crippen LogP) is 9.68. The summed E-state index contributed by atoms with van der Waals surface area (Å²) >= 11 is 0. The Morgan fingerprint density at radius 2 is 0.839 bits per heavy atom. The minimum atomic E-state index is -0.457. The first-order valence-corrected chi connectivity index (χ1v) is 14.2. The number of hydrogen-bond acceptors (Lipinski definition) is 2. The maximum Gasteiger partial charge on any atom is 0.209 e. The van der Waals surface area contributed by atoms with Gasteiger partial charge in [0.15, 0.2) is 0 Å². The standard InChI is InChI=1S/C29H55O2/c1-3-5-7-9-11-13-15-17-19-21-23-25-28(27-30)29(31)26-24-22-20-18-16-14-12-10-8-6-4-2/h28H,3-26H2,1-2H3. The summed E-state index contributed by atoms with van der Waals surface area (Å²) in [6.45, 7) is 4.53. The molecule has 0 aromatic rings. The van der Waals surface area contributed by atoms with Crippen molar-refractivity contribution in [3.63, 3.8) is 0 Å². The molecule has 0 bridgehead atoms. The number of carbonyl (C=O) groups is 1. The fraction of sp³-hybridized carbons (Fsp3) is 0.931. The van der Waals surface area contributed by atoms with Crippen molar-refractivity contribution in [2.75, 3.05) is 0 Å². The van der Waals surface area contributed by atoms with Crippen LogP contribution in [0.4, 0.5) is 0 Å².